The molecule has 0 bridgehead atoms. The number of nitrogens with zero attached hydrogens (tertiary/aromatic N) is 3. The summed E-state index contributed by atoms with van der Waals surface area (Å²) in [5, 5.41) is 7.27. The molecule has 0 saturated carbocycles. The first-order valence-electron chi connectivity index (χ1n) is 8.96. The van der Waals surface area contributed by atoms with Gasteiger partial charge in [-0.05, 0) is 19.2 Å². The summed E-state index contributed by atoms with van der Waals surface area (Å²) >= 11 is 0. The maximum absolute atomic E-state index is 11.9. The SMILES string of the molecule is CN(CC(=O)NCC(N)=O)Cc1cn(-c2ccccc2)nc1-c1ccccc1. The van der Waals surface area contributed by atoms with E-state index in [1.807, 2.05) is 83.5 Å². The molecule has 0 unspecified atom stereocenters. The van der Waals surface area contributed by atoms with Gasteiger partial charge in [0.1, 0.15) is 0 Å². The van der Waals surface area contributed by atoms with Crippen LogP contribution in [0.3, 0.4) is 0 Å². The molecule has 7 nitrogen and oxygen atoms in total. The standard InChI is InChI=1S/C21H23N5O2/c1-25(15-20(28)23-12-19(22)27)13-17-14-26(18-10-6-3-7-11-18)24-21(17)16-8-4-2-5-9-16/h2-11,14H,12-13,15H2,1H3,(H2,22,27)(H,23,28). The summed E-state index contributed by atoms with van der Waals surface area (Å²) in [7, 11) is 1.85. The van der Waals surface area contributed by atoms with E-state index in [1.165, 1.54) is 0 Å². The van der Waals surface area contributed by atoms with Crippen molar-refractivity contribution in [2.45, 2.75) is 6.54 Å². The highest BCUT2D eigenvalue weighted by atomic mass is 16.2. The van der Waals surface area contributed by atoms with E-state index in [0.717, 1.165) is 22.5 Å². The van der Waals surface area contributed by atoms with Crippen LogP contribution in [0.2, 0.25) is 0 Å². The molecule has 0 atom stereocenters. The number of carbonyl (C=O) groups excluding carboxylic acids is 2. The van der Waals surface area contributed by atoms with Crippen LogP contribution in [-0.4, -0.2) is 46.6 Å². The molecule has 3 rings (SSSR count). The molecule has 3 N–H and O–H groups in total. The Labute approximate surface area is 163 Å². The molecule has 0 spiro atoms. The van der Waals surface area contributed by atoms with Crippen molar-refractivity contribution < 1.29 is 9.59 Å². The van der Waals surface area contributed by atoms with Gasteiger partial charge in [-0.2, -0.15) is 5.10 Å². The van der Waals surface area contributed by atoms with Crippen LogP contribution in [0.25, 0.3) is 16.9 Å². The topological polar surface area (TPSA) is 93.3 Å². The van der Waals surface area contributed by atoms with Crippen molar-refractivity contribution in [2.24, 2.45) is 5.73 Å². The van der Waals surface area contributed by atoms with Gasteiger partial charge in [0, 0.05) is 23.9 Å². The van der Waals surface area contributed by atoms with Gasteiger partial charge in [0.2, 0.25) is 11.8 Å². The lowest BCUT2D eigenvalue weighted by Gasteiger charge is -2.16. The molecule has 0 aliphatic heterocycles. The molecule has 2 aromatic carbocycles. The summed E-state index contributed by atoms with van der Waals surface area (Å²) in [5.41, 5.74) is 8.91. The van der Waals surface area contributed by atoms with E-state index < -0.39 is 5.91 Å². The lowest BCUT2D eigenvalue weighted by Crippen LogP contribution is -2.39. The summed E-state index contributed by atoms with van der Waals surface area (Å²) in [5.74, 6) is -0.815. The Morgan fingerprint density at radius 3 is 2.36 bits per heavy atom. The predicted octanol–water partition coefficient (Wildman–Crippen LogP) is 1.57. The van der Waals surface area contributed by atoms with Crippen molar-refractivity contribution in [3.63, 3.8) is 0 Å². The van der Waals surface area contributed by atoms with E-state index in [2.05, 4.69) is 5.32 Å². The molecule has 1 aromatic heterocycles. The number of carbonyl (C=O) groups is 2. The van der Waals surface area contributed by atoms with Crippen LogP contribution >= 0.6 is 0 Å². The first-order chi connectivity index (χ1) is 13.5. The maximum atomic E-state index is 11.9. The number of nitrogens with one attached hydrogen (secondary N) is 1. The Balaban J connectivity index is 1.81. The van der Waals surface area contributed by atoms with Crippen LogP contribution in [-0.2, 0) is 16.1 Å². The third-order valence-electron chi connectivity index (χ3n) is 4.17. The number of para-hydroxylation sites is 1. The van der Waals surface area contributed by atoms with Crippen molar-refractivity contribution >= 4 is 11.8 Å². The van der Waals surface area contributed by atoms with E-state index in [-0.39, 0.29) is 19.0 Å². The number of hydrogen-bond acceptors (Lipinski definition) is 4. The largest absolute Gasteiger partial charge is 0.368 e. The Hall–Kier alpha value is -3.45. The van der Waals surface area contributed by atoms with Gasteiger partial charge in [-0.3, -0.25) is 14.5 Å². The normalized spacial score (nSPS) is 10.8. The second kappa shape index (κ2) is 8.96. The molecule has 0 aliphatic carbocycles. The van der Waals surface area contributed by atoms with Gasteiger partial charge in [0.05, 0.1) is 24.5 Å². The van der Waals surface area contributed by atoms with E-state index in [0.29, 0.717) is 6.54 Å². The highest BCUT2D eigenvalue weighted by Gasteiger charge is 2.15. The fourth-order valence-electron chi connectivity index (χ4n) is 2.91. The Kier molecular flexibility index (Phi) is 6.18. The van der Waals surface area contributed by atoms with Crippen molar-refractivity contribution in [2.75, 3.05) is 20.1 Å². The molecule has 7 heteroatoms. The Morgan fingerprint density at radius 2 is 1.71 bits per heavy atom. The highest BCUT2D eigenvalue weighted by molar-refractivity contribution is 5.84. The second-order valence-electron chi connectivity index (χ2n) is 6.56. The van der Waals surface area contributed by atoms with Crippen LogP contribution in [0.4, 0.5) is 0 Å². The lowest BCUT2D eigenvalue weighted by molar-refractivity contribution is -0.125. The summed E-state index contributed by atoms with van der Waals surface area (Å²) in [4.78, 5) is 24.6. The average Bonchev–Trinajstić information content (AvgIpc) is 3.11. The van der Waals surface area contributed by atoms with Gasteiger partial charge in [-0.15, -0.1) is 0 Å². The van der Waals surface area contributed by atoms with E-state index in [4.69, 9.17) is 10.8 Å². The molecule has 3 aromatic rings. The number of benzene rings is 2. The Bertz CT molecular complexity index is 938. The zero-order chi connectivity index (χ0) is 19.9. The van der Waals surface area contributed by atoms with Crippen LogP contribution < -0.4 is 11.1 Å². The number of primary amides is 1. The zero-order valence-corrected chi connectivity index (χ0v) is 15.7. The number of nitrogens with two attached hydrogens (primary N) is 1. The predicted molar refractivity (Wildman–Crippen MR) is 108 cm³/mol. The van der Waals surface area contributed by atoms with E-state index >= 15 is 0 Å². The number of amides is 2. The van der Waals surface area contributed by atoms with Gasteiger partial charge in [-0.25, -0.2) is 4.68 Å². The summed E-state index contributed by atoms with van der Waals surface area (Å²) in [6.07, 6.45) is 1.98. The minimum atomic E-state index is -0.563. The molecule has 0 radical (unpaired) electrons. The van der Waals surface area contributed by atoms with Gasteiger partial charge in [0.15, 0.2) is 0 Å². The average molecular weight is 377 g/mol. The number of rotatable bonds is 8. The molecule has 1 heterocycles. The smallest absolute Gasteiger partial charge is 0.236 e. The minimum Gasteiger partial charge on any atom is -0.368 e. The fourth-order valence-corrected chi connectivity index (χ4v) is 2.91. The molecular weight excluding hydrogens is 354 g/mol. The third-order valence-corrected chi connectivity index (χ3v) is 4.17. The minimum absolute atomic E-state index is 0.151. The third kappa shape index (κ3) is 5.05. The van der Waals surface area contributed by atoms with Crippen molar-refractivity contribution in [1.82, 2.24) is 20.0 Å². The van der Waals surface area contributed by atoms with Crippen LogP contribution in [0.1, 0.15) is 5.56 Å². The fraction of sp³-hybridized carbons (Fsp3) is 0.190. The monoisotopic (exact) mass is 377 g/mol. The number of aromatic nitrogens is 2. The van der Waals surface area contributed by atoms with Crippen molar-refractivity contribution in [3.8, 4) is 16.9 Å². The molecule has 28 heavy (non-hydrogen) atoms. The van der Waals surface area contributed by atoms with Gasteiger partial charge in [-0.1, -0.05) is 48.5 Å². The first-order valence-corrected chi connectivity index (χ1v) is 8.96. The zero-order valence-electron chi connectivity index (χ0n) is 15.7. The summed E-state index contributed by atoms with van der Waals surface area (Å²) < 4.78 is 1.85. The lowest BCUT2D eigenvalue weighted by atomic mass is 10.1. The molecule has 2 amide bonds. The van der Waals surface area contributed by atoms with Gasteiger partial charge >= 0.3 is 0 Å². The number of hydrogen-bond donors (Lipinski definition) is 2. The van der Waals surface area contributed by atoms with Crippen LogP contribution in [0.5, 0.6) is 0 Å². The Morgan fingerprint density at radius 1 is 1.07 bits per heavy atom. The van der Waals surface area contributed by atoms with E-state index in [1.54, 1.807) is 0 Å². The van der Waals surface area contributed by atoms with Crippen molar-refractivity contribution in [1.29, 1.82) is 0 Å². The van der Waals surface area contributed by atoms with Crippen LogP contribution in [0, 0.1) is 0 Å². The summed E-state index contributed by atoms with van der Waals surface area (Å²) in [6, 6.07) is 19.8. The van der Waals surface area contributed by atoms with Crippen LogP contribution in [0.15, 0.2) is 66.9 Å². The molecule has 0 fully saturated rings. The molecule has 144 valence electrons. The first kappa shape index (κ1) is 19.3. The molecule has 0 saturated heterocycles. The molecular formula is C21H23N5O2. The summed E-state index contributed by atoms with van der Waals surface area (Å²) in [6.45, 7) is 0.521. The number of likely N-dealkylation sites (N-methyl/N-ethyl adjacent to an activating group) is 1. The maximum Gasteiger partial charge on any atom is 0.236 e. The van der Waals surface area contributed by atoms with E-state index in [9.17, 15) is 9.59 Å². The van der Waals surface area contributed by atoms with Gasteiger partial charge in [0.25, 0.3) is 0 Å². The second-order valence-corrected chi connectivity index (χ2v) is 6.56. The van der Waals surface area contributed by atoms with Crippen molar-refractivity contribution in [3.05, 3.63) is 72.4 Å². The van der Waals surface area contributed by atoms with Gasteiger partial charge < -0.3 is 11.1 Å². The highest BCUT2D eigenvalue weighted by Crippen LogP contribution is 2.24. The quantitative estimate of drug-likeness (QED) is 0.623. The molecule has 0 aliphatic rings.